The lowest BCUT2D eigenvalue weighted by atomic mass is 9.43. The molecule has 0 radical (unpaired) electrons. The Kier molecular flexibility index (Phi) is 13.5. The first-order valence-corrected chi connectivity index (χ1v) is 20.9. The number of nitrogens with one attached hydrogen (secondary N) is 1. The normalized spacial score (nSPS) is 34.5. The number of esters is 3. The lowest BCUT2D eigenvalue weighted by molar-refractivity contribution is -0.336. The Morgan fingerprint density at radius 2 is 1.53 bits per heavy atom. The smallest absolute Gasteiger partial charge is 0.408 e. The van der Waals surface area contributed by atoms with Crippen LogP contribution in [0.15, 0.2) is 60.7 Å². The molecule has 4 fully saturated rings. The van der Waals surface area contributed by atoms with Crippen LogP contribution in [0.2, 0.25) is 0 Å². The minimum Gasteiger partial charge on any atom is -0.480 e. The number of aliphatic hydroxyl groups is 4. The van der Waals surface area contributed by atoms with Gasteiger partial charge in [-0.1, -0.05) is 76.2 Å². The molecule has 340 valence electrons. The van der Waals surface area contributed by atoms with Crippen LogP contribution < -0.4 is 5.32 Å². The second-order valence-electron chi connectivity index (χ2n) is 18.8. The van der Waals surface area contributed by atoms with Crippen molar-refractivity contribution in [2.24, 2.45) is 34.5 Å². The lowest BCUT2D eigenvalue weighted by Crippen LogP contribution is -2.78. The van der Waals surface area contributed by atoms with Crippen molar-refractivity contribution in [3.05, 3.63) is 71.8 Å². The fraction of sp³-hybridized carbons (Fsp3) is 0.622. The summed E-state index contributed by atoms with van der Waals surface area (Å²) < 4.78 is 34.6. The number of hydrogen-bond acceptors (Lipinski definition) is 15. The zero-order valence-electron chi connectivity index (χ0n) is 36.0. The predicted octanol–water partition coefficient (Wildman–Crippen LogP) is 2.95. The first-order chi connectivity index (χ1) is 29.0. The molecular weight excluding hydrogens is 810 g/mol. The Morgan fingerprint density at radius 1 is 0.903 bits per heavy atom. The molecule has 17 heteroatoms. The van der Waals surface area contributed by atoms with Crippen molar-refractivity contribution in [2.75, 3.05) is 19.8 Å². The van der Waals surface area contributed by atoms with Gasteiger partial charge in [-0.05, 0) is 44.4 Å². The van der Waals surface area contributed by atoms with Gasteiger partial charge in [-0.15, -0.1) is 0 Å². The summed E-state index contributed by atoms with van der Waals surface area (Å²) in [6.45, 7) is 9.92. The van der Waals surface area contributed by atoms with Crippen LogP contribution in [0, 0.1) is 34.5 Å². The highest BCUT2D eigenvalue weighted by molar-refractivity contribution is 5.89. The number of carboxylic acid groups (broad SMARTS) is 1. The van der Waals surface area contributed by atoms with Crippen molar-refractivity contribution >= 4 is 30.0 Å². The third-order valence-corrected chi connectivity index (χ3v) is 13.7. The van der Waals surface area contributed by atoms with E-state index in [0.29, 0.717) is 0 Å². The number of carbonyl (C=O) groups excluding carboxylic acids is 4. The fourth-order valence-electron chi connectivity index (χ4n) is 10.4. The number of ether oxygens (including phenoxy) is 6. The Balaban J connectivity index is 1.43. The summed E-state index contributed by atoms with van der Waals surface area (Å²) in [7, 11) is 0. The van der Waals surface area contributed by atoms with Gasteiger partial charge in [0.05, 0.1) is 36.6 Å². The van der Waals surface area contributed by atoms with Gasteiger partial charge in [0.2, 0.25) is 6.10 Å². The van der Waals surface area contributed by atoms with E-state index in [9.17, 15) is 44.4 Å². The molecule has 62 heavy (non-hydrogen) atoms. The molecular formula is C45H59NO16. The molecule has 14 atom stereocenters. The van der Waals surface area contributed by atoms with E-state index in [2.05, 4.69) is 5.32 Å². The van der Waals surface area contributed by atoms with Gasteiger partial charge >= 0.3 is 30.0 Å². The molecule has 1 amide bonds. The Hall–Kier alpha value is -4.65. The van der Waals surface area contributed by atoms with Gasteiger partial charge in [0.15, 0.2) is 0 Å². The van der Waals surface area contributed by atoms with Crippen LogP contribution in [0.1, 0.15) is 83.3 Å². The number of aliphatic carboxylic acids is 1. The number of carboxylic acids is 1. The zero-order chi connectivity index (χ0) is 45.5. The van der Waals surface area contributed by atoms with Gasteiger partial charge < -0.3 is 59.3 Å². The molecule has 3 saturated carbocycles. The average molecular weight is 870 g/mol. The molecule has 6 rings (SSSR count). The Bertz CT molecular complexity index is 1950. The van der Waals surface area contributed by atoms with E-state index < -0.39 is 144 Å². The summed E-state index contributed by atoms with van der Waals surface area (Å²) in [6, 6.07) is 14.7. The average Bonchev–Trinajstić information content (AvgIpc) is 3.19. The Labute approximate surface area is 360 Å². The summed E-state index contributed by atoms with van der Waals surface area (Å²) in [5.41, 5.74) is -5.61. The molecule has 2 aromatic carbocycles. The quantitative estimate of drug-likeness (QED) is 0.132. The first kappa shape index (κ1) is 46.8. The maximum Gasteiger partial charge on any atom is 0.408 e. The molecule has 1 aliphatic heterocycles. The molecule has 1 heterocycles. The van der Waals surface area contributed by atoms with Crippen LogP contribution in [0.4, 0.5) is 4.79 Å². The number of alkyl carbamates (subject to hydrolysis) is 1. The zero-order valence-corrected chi connectivity index (χ0v) is 36.0. The third kappa shape index (κ3) is 8.92. The topological polar surface area (TPSA) is 254 Å². The molecule has 2 bridgehead atoms. The summed E-state index contributed by atoms with van der Waals surface area (Å²) in [6.07, 6.45) is -11.1. The Morgan fingerprint density at radius 3 is 2.11 bits per heavy atom. The van der Waals surface area contributed by atoms with Crippen LogP contribution in [-0.4, -0.2) is 129 Å². The highest BCUT2D eigenvalue weighted by atomic mass is 16.6. The van der Waals surface area contributed by atoms with Gasteiger partial charge in [-0.2, -0.15) is 0 Å². The highest BCUT2D eigenvalue weighted by Crippen LogP contribution is 2.64. The second-order valence-corrected chi connectivity index (χ2v) is 18.8. The molecule has 3 unspecified atom stereocenters. The lowest BCUT2D eigenvalue weighted by Gasteiger charge is -2.68. The van der Waals surface area contributed by atoms with E-state index in [4.69, 9.17) is 33.5 Å². The molecule has 1 saturated heterocycles. The van der Waals surface area contributed by atoms with Gasteiger partial charge in [-0.25, -0.2) is 24.0 Å². The van der Waals surface area contributed by atoms with Gasteiger partial charge in [-0.3, -0.25) is 0 Å². The van der Waals surface area contributed by atoms with Crippen LogP contribution >= 0.6 is 0 Å². The third-order valence-electron chi connectivity index (χ3n) is 13.7. The van der Waals surface area contributed by atoms with E-state index in [1.54, 1.807) is 109 Å². The number of aliphatic hydroxyl groups excluding tert-OH is 3. The van der Waals surface area contributed by atoms with Crippen LogP contribution in [-0.2, 0) is 42.8 Å². The van der Waals surface area contributed by atoms with E-state index >= 15 is 0 Å². The number of hydrogen-bond donors (Lipinski definition) is 6. The van der Waals surface area contributed by atoms with Crippen molar-refractivity contribution in [1.29, 1.82) is 0 Å². The molecule has 6 N–H and O–H groups in total. The number of amides is 1. The van der Waals surface area contributed by atoms with E-state index in [-0.39, 0.29) is 24.2 Å². The molecule has 3 aliphatic carbocycles. The van der Waals surface area contributed by atoms with Crippen LogP contribution in [0.25, 0.3) is 0 Å². The maximum absolute atomic E-state index is 14.8. The van der Waals surface area contributed by atoms with Gasteiger partial charge in [0.1, 0.15) is 42.7 Å². The standard InChI is InChI=1S/C45H59NO16/c1-23-28(59-40(54)36(60-31(50)22-57-21-30(48)49)34(24-14-10-8-11-15-24)46-41(55)62-42(2,3)4)19-45(56)38(61-39(53)25-16-12-9-13-17-25)33-26-20-58-27(26)18-29(47)44(33,7)37(52)35(51)32(23)43(45,5)6/h8-17,23,26-29,32-38,47,51-52,56H,18-22H2,1-7H3,(H,46,55)(H,48,49)/t23?,26-,27-,28+,29+,32?,33?,34+,35-,36-,37-,38+,44-,45-/m1/s1. The van der Waals surface area contributed by atoms with Crippen molar-refractivity contribution in [2.45, 2.75) is 121 Å². The largest absolute Gasteiger partial charge is 0.480 e. The van der Waals surface area contributed by atoms with Gasteiger partial charge in [0, 0.05) is 41.4 Å². The monoisotopic (exact) mass is 869 g/mol. The number of fused-ring (bicyclic) bond motifs is 5. The van der Waals surface area contributed by atoms with Crippen molar-refractivity contribution in [3.63, 3.8) is 0 Å². The minimum absolute atomic E-state index is 0.129. The summed E-state index contributed by atoms with van der Waals surface area (Å²) in [4.78, 5) is 66.5. The van der Waals surface area contributed by atoms with E-state index in [1.165, 1.54) is 0 Å². The molecule has 4 aliphatic rings. The highest BCUT2D eigenvalue weighted by Gasteiger charge is 2.74. The molecule has 0 aromatic heterocycles. The van der Waals surface area contributed by atoms with Crippen molar-refractivity contribution in [1.82, 2.24) is 5.32 Å². The van der Waals surface area contributed by atoms with Crippen molar-refractivity contribution in [3.8, 4) is 0 Å². The van der Waals surface area contributed by atoms with Crippen LogP contribution in [0.5, 0.6) is 0 Å². The SMILES string of the molecule is CC1C2[C@@H](O)[C@@H](O)[C@@]3(C)C([C@@H]4CO[C@@H]4C[C@@H]3O)[C@H](OC(=O)c3ccccc3)[C@](O)(C[C@@H]1OC(=O)[C@H](OC(=O)COCC(=O)O)[C@@H](NC(=O)OC(C)(C)C)c1ccccc1)C2(C)C. The molecule has 2 aromatic rings. The molecule has 17 nitrogen and oxygen atoms in total. The van der Waals surface area contributed by atoms with E-state index in [0.717, 1.165) is 0 Å². The molecule has 0 spiro atoms. The first-order valence-electron chi connectivity index (χ1n) is 20.9. The van der Waals surface area contributed by atoms with Crippen LogP contribution in [0.3, 0.4) is 0 Å². The predicted molar refractivity (Wildman–Crippen MR) is 216 cm³/mol. The van der Waals surface area contributed by atoms with E-state index in [1.807, 2.05) is 0 Å². The number of carbonyl (C=O) groups is 5. The number of rotatable bonds is 12. The summed E-state index contributed by atoms with van der Waals surface area (Å²) in [5.74, 6) is -7.94. The second kappa shape index (κ2) is 17.8. The van der Waals surface area contributed by atoms with Gasteiger partial charge in [0.25, 0.3) is 0 Å². The number of benzene rings is 2. The summed E-state index contributed by atoms with van der Waals surface area (Å²) in [5, 5.41) is 61.6. The maximum atomic E-state index is 14.8. The van der Waals surface area contributed by atoms with Crippen molar-refractivity contribution < 1.29 is 77.9 Å². The minimum atomic E-state index is -2.14. The fourth-order valence-corrected chi connectivity index (χ4v) is 10.4. The summed E-state index contributed by atoms with van der Waals surface area (Å²) >= 11 is 0.